The molecule has 48 valence electrons. The molecule has 0 nitrogen and oxygen atoms in total. The van der Waals surface area contributed by atoms with Crippen molar-refractivity contribution in [3.8, 4) is 0 Å². The monoisotopic (exact) mass is 325 g/mol. The topological polar surface area (TPSA) is 0 Å². The standard InChI is InChI=1S/C5H5.2BrH.Ru/c1-2-4-5-3-1;;;/h1-5H;2*1H;/q-1;;;+2/p-2. The smallest absolute Gasteiger partial charge is 0.172 e. The molecular weight excluding hydrogens is 321 g/mol. The van der Waals surface area contributed by atoms with Crippen molar-refractivity contribution in [2.45, 2.75) is 0 Å². The van der Waals surface area contributed by atoms with Crippen molar-refractivity contribution in [1.82, 2.24) is 0 Å². The Kier molecular flexibility index (Phi) is 8.86. The van der Waals surface area contributed by atoms with Crippen LogP contribution >= 0.6 is 27.2 Å². The first-order valence-corrected chi connectivity index (χ1v) is 9.88. The largest absolute Gasteiger partial charge is 0.214 e. The number of halogens is 2. The van der Waals surface area contributed by atoms with E-state index in [4.69, 9.17) is 0 Å². The van der Waals surface area contributed by atoms with Gasteiger partial charge in [0, 0.05) is 0 Å². The molecule has 0 spiro atoms. The van der Waals surface area contributed by atoms with Crippen LogP contribution in [0.15, 0.2) is 30.3 Å². The number of rotatable bonds is 0. The summed E-state index contributed by atoms with van der Waals surface area (Å²) < 4.78 is 0. The van der Waals surface area contributed by atoms with Gasteiger partial charge in [-0.1, -0.05) is 0 Å². The molecule has 0 unspecified atom stereocenters. The minimum absolute atomic E-state index is 0.335. The van der Waals surface area contributed by atoms with Crippen molar-refractivity contribution >= 4 is 27.2 Å². The fraction of sp³-hybridized carbons (Fsp3) is 0. The minimum Gasteiger partial charge on any atom is -0.214 e. The van der Waals surface area contributed by atoms with Crippen LogP contribution in [0.25, 0.3) is 0 Å². The Morgan fingerprint density at radius 1 is 1.12 bits per heavy atom. The molecular formula is C5H5Br2Ru-. The Hall–Kier alpha value is 0.933. The molecule has 0 aromatic heterocycles. The van der Waals surface area contributed by atoms with Crippen LogP contribution in [0, 0.1) is 0 Å². The molecule has 0 aliphatic carbocycles. The molecule has 8 heavy (non-hydrogen) atoms. The van der Waals surface area contributed by atoms with E-state index in [9.17, 15) is 0 Å². The van der Waals surface area contributed by atoms with E-state index in [1.165, 1.54) is 0 Å². The van der Waals surface area contributed by atoms with Crippen molar-refractivity contribution in [3.05, 3.63) is 30.3 Å². The second-order valence-electron chi connectivity index (χ2n) is 1.01. The van der Waals surface area contributed by atoms with Crippen LogP contribution in [0.4, 0.5) is 0 Å². The average molecular weight is 326 g/mol. The third-order valence-corrected chi connectivity index (χ3v) is 0.556. The molecule has 0 saturated carbocycles. The van der Waals surface area contributed by atoms with E-state index in [0.29, 0.717) is 13.2 Å². The summed E-state index contributed by atoms with van der Waals surface area (Å²) in [5.41, 5.74) is 0. The van der Waals surface area contributed by atoms with Crippen molar-refractivity contribution in [2.24, 2.45) is 0 Å². The molecule has 0 aliphatic heterocycles. The Morgan fingerprint density at radius 2 is 1.50 bits per heavy atom. The van der Waals surface area contributed by atoms with Crippen LogP contribution in [0.5, 0.6) is 0 Å². The summed E-state index contributed by atoms with van der Waals surface area (Å²) in [7, 11) is 0. The van der Waals surface area contributed by atoms with Gasteiger partial charge in [0.1, 0.15) is 0 Å². The first kappa shape index (κ1) is 8.93. The van der Waals surface area contributed by atoms with Gasteiger partial charge in [-0.05, 0) is 0 Å². The summed E-state index contributed by atoms with van der Waals surface area (Å²) in [6.07, 6.45) is 0. The maximum absolute atomic E-state index is 3.15. The normalized spacial score (nSPS) is 7.75. The summed E-state index contributed by atoms with van der Waals surface area (Å²) >= 11 is 6.64. The Morgan fingerprint density at radius 3 is 1.62 bits per heavy atom. The van der Waals surface area contributed by atoms with Gasteiger partial charge in [-0.3, -0.25) is 0 Å². The van der Waals surface area contributed by atoms with Crippen LogP contribution in [0.1, 0.15) is 0 Å². The van der Waals surface area contributed by atoms with Crippen LogP contribution in [0.3, 0.4) is 0 Å². The van der Waals surface area contributed by atoms with Gasteiger partial charge in [0.2, 0.25) is 0 Å². The van der Waals surface area contributed by atoms with Gasteiger partial charge in [-0.2, -0.15) is 18.2 Å². The minimum atomic E-state index is 0.335. The molecule has 0 N–H and O–H groups in total. The third kappa shape index (κ3) is 6.93. The molecule has 1 rings (SSSR count). The predicted octanol–water partition coefficient (Wildman–Crippen LogP) is 3.09. The van der Waals surface area contributed by atoms with Gasteiger partial charge < -0.3 is 0 Å². The fourth-order valence-corrected chi connectivity index (χ4v) is 0.321. The summed E-state index contributed by atoms with van der Waals surface area (Å²) in [5.74, 6) is 0. The maximum Gasteiger partial charge on any atom is -0.172 e. The Labute approximate surface area is 70.3 Å². The summed E-state index contributed by atoms with van der Waals surface area (Å²) in [6.45, 7) is 0. The molecule has 0 fully saturated rings. The van der Waals surface area contributed by atoms with E-state index in [1.54, 1.807) is 0 Å². The van der Waals surface area contributed by atoms with Crippen LogP contribution < -0.4 is 0 Å². The van der Waals surface area contributed by atoms with Crippen molar-refractivity contribution in [3.63, 3.8) is 0 Å². The van der Waals surface area contributed by atoms with Gasteiger partial charge in [0.05, 0.1) is 0 Å². The summed E-state index contributed by atoms with van der Waals surface area (Å²) in [6, 6.07) is 10.0. The maximum atomic E-state index is 3.15. The molecule has 0 saturated heterocycles. The third-order valence-electron chi connectivity index (χ3n) is 0.556. The second-order valence-corrected chi connectivity index (χ2v) is 9.03. The first-order valence-electron chi connectivity index (χ1n) is 1.93. The SMILES string of the molecule is [Br][Ru][Br].c1cc[cH-]c1. The molecule has 0 bridgehead atoms. The van der Waals surface area contributed by atoms with Gasteiger partial charge in [0.25, 0.3) is 0 Å². The van der Waals surface area contributed by atoms with Crippen molar-refractivity contribution in [1.29, 1.82) is 0 Å². The molecule has 1 aromatic rings. The van der Waals surface area contributed by atoms with Crippen molar-refractivity contribution in [2.75, 3.05) is 0 Å². The summed E-state index contributed by atoms with van der Waals surface area (Å²) in [5, 5.41) is 0. The number of hydrogen-bond donors (Lipinski definition) is 0. The van der Waals surface area contributed by atoms with Gasteiger partial charge in [0.15, 0.2) is 0 Å². The number of hydrogen-bond acceptors (Lipinski definition) is 0. The van der Waals surface area contributed by atoms with Gasteiger partial charge in [-0.25, -0.2) is 12.1 Å². The molecule has 0 heterocycles. The zero-order chi connectivity index (χ0) is 6.24. The van der Waals surface area contributed by atoms with Gasteiger partial charge in [-0.15, -0.1) is 0 Å². The van der Waals surface area contributed by atoms with E-state index >= 15 is 0 Å². The van der Waals surface area contributed by atoms with Gasteiger partial charge >= 0.3 is 40.5 Å². The zero-order valence-electron chi connectivity index (χ0n) is 4.00. The van der Waals surface area contributed by atoms with E-state index < -0.39 is 0 Å². The molecule has 0 atom stereocenters. The Balaban J connectivity index is 0.000000145. The molecule has 3 heteroatoms. The molecule has 1 aromatic carbocycles. The molecule has 0 radical (unpaired) electrons. The second kappa shape index (κ2) is 7.93. The Bertz CT molecular complexity index is 77.3. The van der Waals surface area contributed by atoms with Crippen LogP contribution in [-0.2, 0) is 13.2 Å². The van der Waals surface area contributed by atoms with E-state index in [1.807, 2.05) is 30.3 Å². The van der Waals surface area contributed by atoms with E-state index in [2.05, 4.69) is 27.2 Å². The quantitative estimate of drug-likeness (QED) is 0.508. The van der Waals surface area contributed by atoms with E-state index in [-0.39, 0.29) is 0 Å². The summed E-state index contributed by atoms with van der Waals surface area (Å²) in [4.78, 5) is 0. The average Bonchev–Trinajstić information content (AvgIpc) is 2.17. The molecule has 0 amide bonds. The van der Waals surface area contributed by atoms with E-state index in [0.717, 1.165) is 0 Å². The van der Waals surface area contributed by atoms with Crippen LogP contribution in [0.2, 0.25) is 0 Å². The first-order chi connectivity index (χ1) is 3.91. The fourth-order valence-electron chi connectivity index (χ4n) is 0.321. The molecule has 0 aliphatic rings. The van der Waals surface area contributed by atoms with Crippen molar-refractivity contribution < 1.29 is 13.2 Å². The zero-order valence-corrected chi connectivity index (χ0v) is 8.91. The predicted molar refractivity (Wildman–Crippen MR) is 39.9 cm³/mol. The van der Waals surface area contributed by atoms with Crippen LogP contribution in [-0.4, -0.2) is 0 Å².